The van der Waals surface area contributed by atoms with Crippen LogP contribution >= 0.6 is 10.7 Å². The summed E-state index contributed by atoms with van der Waals surface area (Å²) in [6, 6.07) is 2.94. The second-order valence-electron chi connectivity index (χ2n) is 5.04. The zero-order valence-corrected chi connectivity index (χ0v) is 12.7. The second-order valence-corrected chi connectivity index (χ2v) is 7.61. The SMILES string of the molecule is CN(CC1CC1)C(=O)c1cc([N+](=O)[O-])cc(S(=O)(=O)Cl)c1. The Bertz CT molecular complexity index is 700. The normalized spacial score (nSPS) is 14.8. The van der Waals surface area contributed by atoms with E-state index in [-0.39, 0.29) is 5.56 Å². The highest BCUT2D eigenvalue weighted by atomic mass is 35.7. The molecule has 9 heteroatoms. The minimum atomic E-state index is -4.15. The number of nitro groups is 1. The van der Waals surface area contributed by atoms with Gasteiger partial charge in [-0.2, -0.15) is 0 Å². The summed E-state index contributed by atoms with van der Waals surface area (Å²) in [5, 5.41) is 10.9. The van der Waals surface area contributed by atoms with Crippen LogP contribution in [0.2, 0.25) is 0 Å². The number of carbonyl (C=O) groups is 1. The van der Waals surface area contributed by atoms with Crippen molar-refractivity contribution in [3.05, 3.63) is 33.9 Å². The summed E-state index contributed by atoms with van der Waals surface area (Å²) in [4.78, 5) is 23.3. The molecule has 0 aliphatic heterocycles. The van der Waals surface area contributed by atoms with Crippen LogP contribution in [0.15, 0.2) is 23.1 Å². The summed E-state index contributed by atoms with van der Waals surface area (Å²) >= 11 is 0. The van der Waals surface area contributed by atoms with Gasteiger partial charge in [0.2, 0.25) is 0 Å². The molecule has 114 valence electrons. The Morgan fingerprint density at radius 1 is 1.43 bits per heavy atom. The average molecular weight is 333 g/mol. The number of amides is 1. The van der Waals surface area contributed by atoms with Crippen LogP contribution in [-0.4, -0.2) is 37.7 Å². The van der Waals surface area contributed by atoms with Crippen molar-refractivity contribution < 1.29 is 18.1 Å². The van der Waals surface area contributed by atoms with E-state index in [2.05, 4.69) is 0 Å². The molecule has 0 radical (unpaired) electrons. The minimum Gasteiger partial charge on any atom is -0.341 e. The number of benzene rings is 1. The third-order valence-electron chi connectivity index (χ3n) is 3.21. The molecule has 0 unspecified atom stereocenters. The van der Waals surface area contributed by atoms with E-state index in [1.54, 1.807) is 7.05 Å². The smallest absolute Gasteiger partial charge is 0.271 e. The molecule has 0 spiro atoms. The van der Waals surface area contributed by atoms with Gasteiger partial charge in [0.05, 0.1) is 9.82 Å². The fourth-order valence-corrected chi connectivity index (χ4v) is 2.74. The fourth-order valence-electron chi connectivity index (χ4n) is 1.94. The third-order valence-corrected chi connectivity index (χ3v) is 4.54. The molecule has 1 fully saturated rings. The Morgan fingerprint density at radius 3 is 2.52 bits per heavy atom. The number of hydrogen-bond acceptors (Lipinski definition) is 5. The van der Waals surface area contributed by atoms with Crippen LogP contribution in [0.3, 0.4) is 0 Å². The largest absolute Gasteiger partial charge is 0.341 e. The molecule has 0 saturated heterocycles. The van der Waals surface area contributed by atoms with Crippen molar-refractivity contribution in [2.45, 2.75) is 17.7 Å². The number of nitrogens with zero attached hydrogens (tertiary/aromatic N) is 2. The summed E-state index contributed by atoms with van der Waals surface area (Å²) in [7, 11) is 2.63. The van der Waals surface area contributed by atoms with Gasteiger partial charge >= 0.3 is 0 Å². The van der Waals surface area contributed by atoms with E-state index >= 15 is 0 Å². The topological polar surface area (TPSA) is 97.6 Å². The summed E-state index contributed by atoms with van der Waals surface area (Å²) < 4.78 is 22.7. The highest BCUT2D eigenvalue weighted by Gasteiger charge is 2.27. The molecule has 0 N–H and O–H groups in total. The van der Waals surface area contributed by atoms with Crippen LogP contribution in [0.25, 0.3) is 0 Å². The second kappa shape index (κ2) is 5.61. The van der Waals surface area contributed by atoms with E-state index in [9.17, 15) is 23.3 Å². The van der Waals surface area contributed by atoms with Gasteiger partial charge in [-0.15, -0.1) is 0 Å². The monoisotopic (exact) mass is 332 g/mol. The van der Waals surface area contributed by atoms with Gasteiger partial charge in [-0.1, -0.05) is 0 Å². The first kappa shape index (κ1) is 15.7. The minimum absolute atomic E-state index is 0.0634. The van der Waals surface area contributed by atoms with E-state index in [4.69, 9.17) is 10.7 Å². The maximum atomic E-state index is 12.2. The van der Waals surface area contributed by atoms with Crippen molar-refractivity contribution in [3.8, 4) is 0 Å². The Balaban J connectivity index is 2.39. The molecule has 0 atom stereocenters. The summed E-state index contributed by atoms with van der Waals surface area (Å²) in [6.45, 7) is 0.546. The molecule has 1 aromatic rings. The van der Waals surface area contributed by atoms with Crippen molar-refractivity contribution in [1.82, 2.24) is 4.90 Å². The first-order valence-corrected chi connectivity index (χ1v) is 8.49. The first-order valence-electron chi connectivity index (χ1n) is 6.18. The number of non-ortho nitro benzene ring substituents is 1. The molecule has 1 saturated carbocycles. The molecule has 1 aliphatic rings. The average Bonchev–Trinajstić information content (AvgIpc) is 3.20. The number of nitro benzene ring substituents is 1. The van der Waals surface area contributed by atoms with E-state index in [1.165, 1.54) is 4.90 Å². The molecule has 1 aliphatic carbocycles. The van der Waals surface area contributed by atoms with Gasteiger partial charge in [0.15, 0.2) is 0 Å². The number of carbonyl (C=O) groups excluding carboxylic acids is 1. The lowest BCUT2D eigenvalue weighted by Gasteiger charge is -2.17. The van der Waals surface area contributed by atoms with Crippen LogP contribution in [-0.2, 0) is 9.05 Å². The predicted molar refractivity (Wildman–Crippen MR) is 75.8 cm³/mol. The van der Waals surface area contributed by atoms with Crippen molar-refractivity contribution >= 4 is 31.3 Å². The van der Waals surface area contributed by atoms with Crippen LogP contribution < -0.4 is 0 Å². The predicted octanol–water partition coefficient (Wildman–Crippen LogP) is 2.00. The van der Waals surface area contributed by atoms with E-state index < -0.39 is 30.5 Å². The van der Waals surface area contributed by atoms with Crippen molar-refractivity contribution in [1.29, 1.82) is 0 Å². The van der Waals surface area contributed by atoms with Gasteiger partial charge in [0, 0.05) is 42.0 Å². The van der Waals surface area contributed by atoms with Gasteiger partial charge in [0.1, 0.15) is 0 Å². The molecule has 0 aromatic heterocycles. The zero-order valence-electron chi connectivity index (χ0n) is 11.2. The lowest BCUT2D eigenvalue weighted by molar-refractivity contribution is -0.385. The molecule has 0 bridgehead atoms. The van der Waals surface area contributed by atoms with Crippen LogP contribution in [0.4, 0.5) is 5.69 Å². The third kappa shape index (κ3) is 3.92. The van der Waals surface area contributed by atoms with Gasteiger partial charge in [0.25, 0.3) is 20.6 Å². The molecule has 1 aromatic carbocycles. The Kier molecular flexibility index (Phi) is 4.20. The maximum absolute atomic E-state index is 12.2. The van der Waals surface area contributed by atoms with Gasteiger partial charge in [-0.25, -0.2) is 8.42 Å². The molecule has 1 amide bonds. The van der Waals surface area contributed by atoms with E-state index in [0.29, 0.717) is 12.5 Å². The lowest BCUT2D eigenvalue weighted by atomic mass is 10.1. The Labute approximate surface area is 126 Å². The standard InChI is InChI=1S/C12H13ClN2O5S/c1-14(7-8-2-3-8)12(16)9-4-10(15(17)18)6-11(5-9)21(13,19)20/h4-6,8H,2-3,7H2,1H3. The van der Waals surface area contributed by atoms with Crippen LogP contribution in [0, 0.1) is 16.0 Å². The van der Waals surface area contributed by atoms with Gasteiger partial charge < -0.3 is 4.90 Å². The number of hydrogen-bond donors (Lipinski definition) is 0. The first-order chi connectivity index (χ1) is 9.68. The van der Waals surface area contributed by atoms with Gasteiger partial charge in [-0.05, 0) is 24.8 Å². The molecular weight excluding hydrogens is 320 g/mol. The maximum Gasteiger partial charge on any atom is 0.271 e. The van der Waals surface area contributed by atoms with Crippen LogP contribution in [0.1, 0.15) is 23.2 Å². The Hall–Kier alpha value is -1.67. The quantitative estimate of drug-likeness (QED) is 0.466. The molecule has 21 heavy (non-hydrogen) atoms. The van der Waals surface area contributed by atoms with E-state index in [1.807, 2.05) is 0 Å². The fraction of sp³-hybridized carbons (Fsp3) is 0.417. The zero-order chi connectivity index (χ0) is 15.8. The summed E-state index contributed by atoms with van der Waals surface area (Å²) in [6.07, 6.45) is 2.10. The highest BCUT2D eigenvalue weighted by molar-refractivity contribution is 8.13. The summed E-state index contributed by atoms with van der Waals surface area (Å²) in [5.74, 6) is -0.0129. The van der Waals surface area contributed by atoms with Crippen molar-refractivity contribution in [3.63, 3.8) is 0 Å². The Morgan fingerprint density at radius 2 is 2.05 bits per heavy atom. The molecular formula is C12H13ClN2O5S. The molecule has 2 rings (SSSR count). The molecule has 7 nitrogen and oxygen atoms in total. The molecule has 0 heterocycles. The lowest BCUT2D eigenvalue weighted by Crippen LogP contribution is -2.28. The number of rotatable bonds is 5. The van der Waals surface area contributed by atoms with Crippen LogP contribution in [0.5, 0.6) is 0 Å². The van der Waals surface area contributed by atoms with Gasteiger partial charge in [-0.3, -0.25) is 14.9 Å². The summed E-state index contributed by atoms with van der Waals surface area (Å²) in [5.41, 5.74) is -0.550. The van der Waals surface area contributed by atoms with Crippen molar-refractivity contribution in [2.75, 3.05) is 13.6 Å². The van der Waals surface area contributed by atoms with E-state index in [0.717, 1.165) is 31.0 Å². The van der Waals surface area contributed by atoms with Crippen molar-refractivity contribution in [2.24, 2.45) is 5.92 Å². The number of halogens is 1. The highest BCUT2D eigenvalue weighted by Crippen LogP contribution is 2.30.